The van der Waals surface area contributed by atoms with Crippen molar-refractivity contribution in [3.8, 4) is 0 Å². The lowest BCUT2D eigenvalue weighted by molar-refractivity contribution is 0.0942. The van der Waals surface area contributed by atoms with Crippen molar-refractivity contribution in [3.63, 3.8) is 0 Å². The zero-order valence-electron chi connectivity index (χ0n) is 13.3. The molecule has 8 heteroatoms. The number of aromatic nitrogens is 4. The van der Waals surface area contributed by atoms with Crippen LogP contribution in [0.1, 0.15) is 47.6 Å². The van der Waals surface area contributed by atoms with Gasteiger partial charge < -0.3 is 15.2 Å². The maximum atomic E-state index is 12.0. The Morgan fingerprint density at radius 1 is 1.52 bits per heavy atom. The highest BCUT2D eigenvalue weighted by molar-refractivity contribution is 5.91. The van der Waals surface area contributed by atoms with Gasteiger partial charge in [-0.2, -0.15) is 0 Å². The number of amides is 1. The molecule has 1 amide bonds. The molecular weight excluding hydrogens is 296 g/mol. The zero-order valence-corrected chi connectivity index (χ0v) is 13.3. The third-order valence-electron chi connectivity index (χ3n) is 3.99. The van der Waals surface area contributed by atoms with Gasteiger partial charge in [-0.3, -0.25) is 9.48 Å². The van der Waals surface area contributed by atoms with Crippen LogP contribution in [0.4, 0.5) is 0 Å². The zero-order chi connectivity index (χ0) is 16.1. The molecule has 1 aliphatic rings. The minimum atomic E-state index is -0.263. The molecule has 3 heterocycles. The molecule has 2 aromatic rings. The van der Waals surface area contributed by atoms with Crippen molar-refractivity contribution < 1.29 is 9.32 Å². The summed E-state index contributed by atoms with van der Waals surface area (Å²) in [6, 6.07) is 2.33. The Bertz CT molecular complexity index is 644. The molecule has 0 bridgehead atoms. The third-order valence-corrected chi connectivity index (χ3v) is 3.99. The number of nitrogens with one attached hydrogen (secondary N) is 2. The van der Waals surface area contributed by atoms with Gasteiger partial charge in [0.1, 0.15) is 0 Å². The van der Waals surface area contributed by atoms with E-state index in [1.807, 2.05) is 6.92 Å². The van der Waals surface area contributed by atoms with Crippen molar-refractivity contribution in [1.82, 2.24) is 30.8 Å². The Morgan fingerprint density at radius 3 is 3.17 bits per heavy atom. The Kier molecular flexibility index (Phi) is 5.02. The highest BCUT2D eigenvalue weighted by Crippen LogP contribution is 2.11. The van der Waals surface area contributed by atoms with Gasteiger partial charge in [0.25, 0.3) is 5.91 Å². The average molecular weight is 318 g/mol. The second-order valence-electron chi connectivity index (χ2n) is 5.92. The van der Waals surface area contributed by atoms with Crippen molar-refractivity contribution >= 4 is 5.91 Å². The molecule has 3 rings (SSSR count). The highest BCUT2D eigenvalue weighted by Gasteiger charge is 2.14. The second kappa shape index (κ2) is 7.36. The van der Waals surface area contributed by atoms with Gasteiger partial charge in [-0.15, -0.1) is 5.10 Å². The van der Waals surface area contributed by atoms with E-state index < -0.39 is 0 Å². The monoisotopic (exact) mass is 318 g/mol. The number of aryl methyl sites for hydroxylation is 2. The summed E-state index contributed by atoms with van der Waals surface area (Å²) < 4.78 is 6.77. The lowest BCUT2D eigenvalue weighted by Crippen LogP contribution is -2.34. The molecule has 0 radical (unpaired) electrons. The van der Waals surface area contributed by atoms with Crippen LogP contribution in [0.2, 0.25) is 0 Å². The number of nitrogens with zero attached hydrogens (tertiary/aromatic N) is 4. The molecule has 0 unspecified atom stereocenters. The summed E-state index contributed by atoms with van der Waals surface area (Å²) in [6.07, 6.45) is 6.43. The molecule has 23 heavy (non-hydrogen) atoms. The van der Waals surface area contributed by atoms with E-state index in [0.717, 1.165) is 25.2 Å². The minimum Gasteiger partial charge on any atom is -0.359 e. The molecule has 1 saturated heterocycles. The lowest BCUT2D eigenvalue weighted by Gasteiger charge is -2.23. The number of hydrogen-bond donors (Lipinski definition) is 2. The average Bonchev–Trinajstić information content (AvgIpc) is 3.21. The molecule has 1 fully saturated rings. The van der Waals surface area contributed by atoms with E-state index in [-0.39, 0.29) is 5.91 Å². The van der Waals surface area contributed by atoms with Gasteiger partial charge in [0.05, 0.1) is 18.4 Å². The van der Waals surface area contributed by atoms with Crippen molar-refractivity contribution in [2.24, 2.45) is 0 Å². The van der Waals surface area contributed by atoms with Crippen LogP contribution in [-0.4, -0.2) is 38.6 Å². The first kappa shape index (κ1) is 15.7. The quantitative estimate of drug-likeness (QED) is 0.826. The van der Waals surface area contributed by atoms with E-state index in [2.05, 4.69) is 26.1 Å². The summed E-state index contributed by atoms with van der Waals surface area (Å²) in [7, 11) is 0. The summed E-state index contributed by atoms with van der Waals surface area (Å²) in [6.45, 7) is 3.98. The summed E-state index contributed by atoms with van der Waals surface area (Å²) in [5.41, 5.74) is 1.11. The molecule has 2 N–H and O–H groups in total. The molecule has 124 valence electrons. The number of carbonyl (C=O) groups excluding carboxylic acids is 1. The third kappa shape index (κ3) is 4.38. The van der Waals surface area contributed by atoms with Gasteiger partial charge in [0, 0.05) is 18.7 Å². The molecule has 2 aromatic heterocycles. The Hall–Kier alpha value is -2.22. The molecule has 0 saturated carbocycles. The van der Waals surface area contributed by atoms with Crippen LogP contribution in [0.3, 0.4) is 0 Å². The van der Waals surface area contributed by atoms with Crippen molar-refractivity contribution in [2.45, 2.75) is 51.7 Å². The molecule has 0 aromatic carbocycles. The summed E-state index contributed by atoms with van der Waals surface area (Å²) >= 11 is 0. The van der Waals surface area contributed by atoms with E-state index in [1.54, 1.807) is 16.9 Å². The highest BCUT2D eigenvalue weighted by atomic mass is 16.5. The summed E-state index contributed by atoms with van der Waals surface area (Å²) in [5, 5.41) is 18.0. The topological polar surface area (TPSA) is 97.9 Å². The number of hydrogen-bond acceptors (Lipinski definition) is 6. The standard InChI is InChI=1S/C15H22N6O2/c1-11-8-13(23-19-11)9-17-15(22)14-10-21(20-18-14)7-5-12-4-2-3-6-16-12/h8,10,12,16H,2-7,9H2,1H3,(H,17,22)/t12-/m1/s1. The van der Waals surface area contributed by atoms with Crippen molar-refractivity contribution in [2.75, 3.05) is 6.54 Å². The predicted octanol–water partition coefficient (Wildman–Crippen LogP) is 1.04. The molecular formula is C15H22N6O2. The Balaban J connectivity index is 1.46. The van der Waals surface area contributed by atoms with Gasteiger partial charge in [0.2, 0.25) is 0 Å². The van der Waals surface area contributed by atoms with E-state index in [4.69, 9.17) is 4.52 Å². The van der Waals surface area contributed by atoms with E-state index in [1.165, 1.54) is 19.3 Å². The summed E-state index contributed by atoms with van der Waals surface area (Å²) in [5.74, 6) is 0.354. The number of piperidine rings is 1. The fourth-order valence-corrected chi connectivity index (χ4v) is 2.73. The van der Waals surface area contributed by atoms with E-state index in [0.29, 0.717) is 24.0 Å². The van der Waals surface area contributed by atoms with Crippen LogP contribution in [0.15, 0.2) is 16.8 Å². The fraction of sp³-hybridized carbons (Fsp3) is 0.600. The van der Waals surface area contributed by atoms with E-state index in [9.17, 15) is 4.79 Å². The van der Waals surface area contributed by atoms with Gasteiger partial charge in [-0.05, 0) is 32.7 Å². The first-order valence-corrected chi connectivity index (χ1v) is 8.04. The normalized spacial score (nSPS) is 18.0. The smallest absolute Gasteiger partial charge is 0.273 e. The molecule has 0 aliphatic carbocycles. The lowest BCUT2D eigenvalue weighted by atomic mass is 10.0. The van der Waals surface area contributed by atoms with Crippen molar-refractivity contribution in [3.05, 3.63) is 29.4 Å². The largest absolute Gasteiger partial charge is 0.359 e. The molecule has 8 nitrogen and oxygen atoms in total. The maximum Gasteiger partial charge on any atom is 0.273 e. The van der Waals surface area contributed by atoms with Crippen LogP contribution < -0.4 is 10.6 Å². The van der Waals surface area contributed by atoms with Crippen LogP contribution >= 0.6 is 0 Å². The van der Waals surface area contributed by atoms with Gasteiger partial charge in [0.15, 0.2) is 11.5 Å². The van der Waals surface area contributed by atoms with Crippen molar-refractivity contribution in [1.29, 1.82) is 0 Å². The minimum absolute atomic E-state index is 0.263. The van der Waals surface area contributed by atoms with Crippen LogP contribution in [0.5, 0.6) is 0 Å². The second-order valence-corrected chi connectivity index (χ2v) is 5.92. The SMILES string of the molecule is Cc1cc(CNC(=O)c2cn(CC[C@H]3CCCCN3)nn2)on1. The first-order valence-electron chi connectivity index (χ1n) is 8.04. The Morgan fingerprint density at radius 2 is 2.43 bits per heavy atom. The van der Waals surface area contributed by atoms with Gasteiger partial charge >= 0.3 is 0 Å². The number of rotatable bonds is 6. The predicted molar refractivity (Wildman–Crippen MR) is 82.7 cm³/mol. The van der Waals surface area contributed by atoms with Crippen LogP contribution in [0, 0.1) is 6.92 Å². The van der Waals surface area contributed by atoms with Gasteiger partial charge in [-0.25, -0.2) is 0 Å². The summed E-state index contributed by atoms with van der Waals surface area (Å²) in [4.78, 5) is 12.0. The van der Waals surface area contributed by atoms with E-state index >= 15 is 0 Å². The Labute approximate surface area is 134 Å². The maximum absolute atomic E-state index is 12.0. The van der Waals surface area contributed by atoms with Crippen LogP contribution in [-0.2, 0) is 13.1 Å². The molecule has 1 atom stereocenters. The number of carbonyl (C=O) groups is 1. The van der Waals surface area contributed by atoms with Crippen LogP contribution in [0.25, 0.3) is 0 Å². The molecule has 0 spiro atoms. The molecule has 1 aliphatic heterocycles. The fourth-order valence-electron chi connectivity index (χ4n) is 2.73. The first-order chi connectivity index (χ1) is 11.2. The van der Waals surface area contributed by atoms with Gasteiger partial charge in [-0.1, -0.05) is 16.8 Å².